The minimum Gasteiger partial charge on any atom is -0.493 e. The molecule has 2 aliphatic rings. The van der Waals surface area contributed by atoms with Crippen LogP contribution in [0.3, 0.4) is 0 Å². The molecule has 2 N–H and O–H groups in total. The number of nitrogens with one attached hydrogen (secondary N) is 2. The SMILES string of the molecule is COc1ccccc1OCC(=O)NC[C@H]1CCCN(Cc2cn[nH]c2C2CCCCC2)C1. The molecule has 0 spiro atoms. The van der Waals surface area contributed by atoms with Gasteiger partial charge in [0, 0.05) is 36.8 Å². The molecule has 0 radical (unpaired) electrons. The topological polar surface area (TPSA) is 79.5 Å². The average Bonchev–Trinajstić information content (AvgIpc) is 3.30. The zero-order valence-corrected chi connectivity index (χ0v) is 19.1. The van der Waals surface area contributed by atoms with Gasteiger partial charge in [0.25, 0.3) is 5.91 Å². The molecule has 2 heterocycles. The molecule has 1 amide bonds. The first-order valence-electron chi connectivity index (χ1n) is 12.0. The van der Waals surface area contributed by atoms with E-state index in [0.717, 1.165) is 32.5 Å². The van der Waals surface area contributed by atoms with Crippen molar-refractivity contribution in [3.8, 4) is 11.5 Å². The van der Waals surface area contributed by atoms with Gasteiger partial charge < -0.3 is 14.8 Å². The van der Waals surface area contributed by atoms with Gasteiger partial charge in [0.2, 0.25) is 0 Å². The Morgan fingerprint density at radius 1 is 1.16 bits per heavy atom. The minimum atomic E-state index is -0.0950. The number of methoxy groups -OCH3 is 1. The predicted molar refractivity (Wildman–Crippen MR) is 124 cm³/mol. The number of carbonyl (C=O) groups is 1. The summed E-state index contributed by atoms with van der Waals surface area (Å²) in [5.74, 6) is 2.23. The molecule has 7 nitrogen and oxygen atoms in total. The lowest BCUT2D eigenvalue weighted by molar-refractivity contribution is -0.123. The van der Waals surface area contributed by atoms with Gasteiger partial charge in [-0.25, -0.2) is 0 Å². The second-order valence-corrected chi connectivity index (χ2v) is 9.13. The molecule has 7 heteroatoms. The molecular weight excluding hydrogens is 404 g/mol. The van der Waals surface area contributed by atoms with E-state index in [1.165, 1.54) is 43.4 Å². The van der Waals surface area contributed by atoms with Crippen molar-refractivity contribution in [3.05, 3.63) is 41.7 Å². The van der Waals surface area contributed by atoms with Crippen molar-refractivity contribution < 1.29 is 14.3 Å². The lowest BCUT2D eigenvalue weighted by Gasteiger charge is -2.33. The molecule has 0 unspecified atom stereocenters. The van der Waals surface area contributed by atoms with Gasteiger partial charge in [0.05, 0.1) is 13.3 Å². The number of piperidine rings is 1. The fourth-order valence-corrected chi connectivity index (χ4v) is 5.08. The fraction of sp³-hybridized carbons (Fsp3) is 0.600. The lowest BCUT2D eigenvalue weighted by Crippen LogP contribution is -2.41. The van der Waals surface area contributed by atoms with Gasteiger partial charge in [-0.15, -0.1) is 0 Å². The van der Waals surface area contributed by atoms with Crippen LogP contribution in [0.1, 0.15) is 62.1 Å². The van der Waals surface area contributed by atoms with Gasteiger partial charge in [0.15, 0.2) is 18.1 Å². The molecule has 1 aromatic heterocycles. The highest BCUT2D eigenvalue weighted by atomic mass is 16.5. The zero-order valence-electron chi connectivity index (χ0n) is 19.1. The Bertz CT molecular complexity index is 862. The molecular formula is C25H36N4O3. The van der Waals surface area contributed by atoms with E-state index >= 15 is 0 Å². The number of rotatable bonds is 9. The van der Waals surface area contributed by atoms with E-state index in [0.29, 0.717) is 29.9 Å². The van der Waals surface area contributed by atoms with E-state index < -0.39 is 0 Å². The zero-order chi connectivity index (χ0) is 22.2. The van der Waals surface area contributed by atoms with Crippen LogP contribution in [0.2, 0.25) is 0 Å². The third kappa shape index (κ3) is 6.03. The van der Waals surface area contributed by atoms with E-state index in [4.69, 9.17) is 9.47 Å². The summed E-state index contributed by atoms with van der Waals surface area (Å²) in [4.78, 5) is 14.8. The third-order valence-electron chi connectivity index (χ3n) is 6.78. The Hall–Kier alpha value is -2.54. The van der Waals surface area contributed by atoms with Crippen molar-refractivity contribution in [3.63, 3.8) is 0 Å². The molecule has 4 rings (SSSR count). The first-order valence-corrected chi connectivity index (χ1v) is 12.0. The van der Waals surface area contributed by atoms with Crippen molar-refractivity contribution in [2.24, 2.45) is 5.92 Å². The standard InChI is InChI=1S/C25H36N4O3/c1-31-22-11-5-6-12-23(22)32-18-24(30)26-14-19-8-7-13-29(16-19)17-21-15-27-28-25(21)20-9-3-2-4-10-20/h5-6,11-12,15,19-20H,2-4,7-10,13-14,16-18H2,1H3,(H,26,30)(H,27,28)/t19-/m1/s1. The summed E-state index contributed by atoms with van der Waals surface area (Å²) < 4.78 is 10.9. The lowest BCUT2D eigenvalue weighted by atomic mass is 9.85. The monoisotopic (exact) mass is 440 g/mol. The molecule has 1 aliphatic carbocycles. The predicted octanol–water partition coefficient (Wildman–Crippen LogP) is 3.87. The average molecular weight is 441 g/mol. The van der Waals surface area contributed by atoms with Crippen molar-refractivity contribution in [1.82, 2.24) is 20.4 Å². The van der Waals surface area contributed by atoms with E-state index in [1.54, 1.807) is 7.11 Å². The van der Waals surface area contributed by atoms with Gasteiger partial charge in [0.1, 0.15) is 0 Å². The summed E-state index contributed by atoms with van der Waals surface area (Å²) in [6, 6.07) is 7.38. The molecule has 0 bridgehead atoms. The first kappa shape index (κ1) is 22.6. The molecule has 1 saturated carbocycles. The van der Waals surface area contributed by atoms with Crippen LogP contribution in [0.25, 0.3) is 0 Å². The third-order valence-corrected chi connectivity index (χ3v) is 6.78. The van der Waals surface area contributed by atoms with Crippen LogP contribution in [0.5, 0.6) is 11.5 Å². The van der Waals surface area contributed by atoms with Crippen LogP contribution in [0, 0.1) is 5.92 Å². The van der Waals surface area contributed by atoms with E-state index in [9.17, 15) is 4.79 Å². The Kier molecular flexibility index (Phi) is 8.04. The number of aromatic amines is 1. The number of aromatic nitrogens is 2. The number of hydrogen-bond acceptors (Lipinski definition) is 5. The molecule has 2 fully saturated rings. The van der Waals surface area contributed by atoms with Gasteiger partial charge in [-0.3, -0.25) is 14.8 Å². The van der Waals surface area contributed by atoms with Crippen LogP contribution in [0.15, 0.2) is 30.5 Å². The van der Waals surface area contributed by atoms with Crippen molar-refractivity contribution >= 4 is 5.91 Å². The fourth-order valence-electron chi connectivity index (χ4n) is 5.08. The number of H-pyrrole nitrogens is 1. The Morgan fingerprint density at radius 2 is 1.97 bits per heavy atom. The quantitative estimate of drug-likeness (QED) is 0.619. The van der Waals surface area contributed by atoms with Crippen LogP contribution < -0.4 is 14.8 Å². The van der Waals surface area contributed by atoms with Gasteiger partial charge in [-0.1, -0.05) is 31.4 Å². The highest BCUT2D eigenvalue weighted by Crippen LogP contribution is 2.34. The van der Waals surface area contributed by atoms with Crippen molar-refractivity contribution in [2.75, 3.05) is 33.4 Å². The number of amides is 1. The molecule has 174 valence electrons. The normalized spacial score (nSPS) is 20.1. The maximum atomic E-state index is 12.3. The smallest absolute Gasteiger partial charge is 0.257 e. The summed E-state index contributed by atoms with van der Waals surface area (Å²) in [7, 11) is 1.60. The molecule has 1 aliphatic heterocycles. The van der Waals surface area contributed by atoms with Crippen LogP contribution in [0.4, 0.5) is 0 Å². The first-order chi connectivity index (χ1) is 15.7. The van der Waals surface area contributed by atoms with Crippen LogP contribution in [-0.4, -0.2) is 54.4 Å². The summed E-state index contributed by atoms with van der Waals surface area (Å²) in [6.45, 7) is 3.74. The molecule has 32 heavy (non-hydrogen) atoms. The molecule has 1 saturated heterocycles. The number of para-hydroxylation sites is 2. The second kappa shape index (κ2) is 11.4. The number of likely N-dealkylation sites (tertiary alicyclic amines) is 1. The highest BCUT2D eigenvalue weighted by molar-refractivity contribution is 5.77. The van der Waals surface area contributed by atoms with Crippen molar-refractivity contribution in [2.45, 2.75) is 57.4 Å². The van der Waals surface area contributed by atoms with Crippen LogP contribution >= 0.6 is 0 Å². The minimum absolute atomic E-state index is 0.00340. The summed E-state index contributed by atoms with van der Waals surface area (Å²) in [5.41, 5.74) is 2.71. The van der Waals surface area contributed by atoms with E-state index in [-0.39, 0.29) is 12.5 Å². The molecule has 1 atom stereocenters. The van der Waals surface area contributed by atoms with Gasteiger partial charge in [-0.05, 0) is 50.3 Å². The number of benzene rings is 1. The summed E-state index contributed by atoms with van der Waals surface area (Å²) in [5, 5.41) is 10.7. The summed E-state index contributed by atoms with van der Waals surface area (Å²) in [6.07, 6.45) is 10.9. The Balaban J connectivity index is 1.22. The van der Waals surface area contributed by atoms with Crippen LogP contribution in [-0.2, 0) is 11.3 Å². The number of hydrogen-bond donors (Lipinski definition) is 2. The number of nitrogens with zero attached hydrogens (tertiary/aromatic N) is 2. The molecule has 1 aromatic carbocycles. The number of carbonyl (C=O) groups excluding carboxylic acids is 1. The van der Waals surface area contributed by atoms with E-state index in [1.807, 2.05) is 30.5 Å². The van der Waals surface area contributed by atoms with Crippen molar-refractivity contribution in [1.29, 1.82) is 0 Å². The Labute approximate surface area is 190 Å². The highest BCUT2D eigenvalue weighted by Gasteiger charge is 2.24. The largest absolute Gasteiger partial charge is 0.493 e. The maximum absolute atomic E-state index is 12.3. The second-order valence-electron chi connectivity index (χ2n) is 9.13. The number of ether oxygens (including phenoxy) is 2. The van der Waals surface area contributed by atoms with Gasteiger partial charge in [-0.2, -0.15) is 5.10 Å². The summed E-state index contributed by atoms with van der Waals surface area (Å²) >= 11 is 0. The van der Waals surface area contributed by atoms with E-state index in [2.05, 4.69) is 20.4 Å². The Morgan fingerprint density at radius 3 is 2.78 bits per heavy atom. The van der Waals surface area contributed by atoms with Gasteiger partial charge >= 0.3 is 0 Å². The maximum Gasteiger partial charge on any atom is 0.257 e. The molecule has 2 aromatic rings.